The van der Waals surface area contributed by atoms with Crippen molar-refractivity contribution in [1.29, 1.82) is 0 Å². The summed E-state index contributed by atoms with van der Waals surface area (Å²) in [4.78, 5) is 16.2. The number of hydrogen-bond acceptors (Lipinski definition) is 3. The summed E-state index contributed by atoms with van der Waals surface area (Å²) in [5.41, 5.74) is 6.30. The van der Waals surface area contributed by atoms with Gasteiger partial charge in [-0.1, -0.05) is 32.8 Å². The van der Waals surface area contributed by atoms with E-state index in [1.165, 1.54) is 32.1 Å². The molecule has 20 heavy (non-hydrogen) atoms. The van der Waals surface area contributed by atoms with Gasteiger partial charge in [0.1, 0.15) is 11.5 Å². The summed E-state index contributed by atoms with van der Waals surface area (Å²) >= 11 is 0. The van der Waals surface area contributed by atoms with Crippen molar-refractivity contribution in [2.24, 2.45) is 11.3 Å². The molecule has 1 amide bonds. The molecule has 1 aromatic rings. The van der Waals surface area contributed by atoms with E-state index in [0.717, 1.165) is 6.54 Å². The lowest BCUT2D eigenvalue weighted by atomic mass is 9.78. The van der Waals surface area contributed by atoms with Gasteiger partial charge in [0.05, 0.1) is 0 Å². The first-order valence-electron chi connectivity index (χ1n) is 7.51. The fourth-order valence-corrected chi connectivity index (χ4v) is 3.38. The highest BCUT2D eigenvalue weighted by Gasteiger charge is 2.34. The Morgan fingerprint density at radius 3 is 2.70 bits per heavy atom. The Kier molecular flexibility index (Phi) is 4.63. The molecule has 3 N–H and O–H groups in total. The van der Waals surface area contributed by atoms with Gasteiger partial charge in [-0.2, -0.15) is 0 Å². The van der Waals surface area contributed by atoms with Gasteiger partial charge in [0, 0.05) is 6.54 Å². The zero-order valence-electron chi connectivity index (χ0n) is 12.5. The molecule has 0 aliphatic heterocycles. The average molecular weight is 275 g/mol. The molecule has 1 saturated carbocycles. The van der Waals surface area contributed by atoms with E-state index >= 15 is 0 Å². The van der Waals surface area contributed by atoms with Crippen molar-refractivity contribution in [3.63, 3.8) is 0 Å². The first-order chi connectivity index (χ1) is 9.51. The van der Waals surface area contributed by atoms with E-state index in [2.05, 4.69) is 24.1 Å². The average Bonchev–Trinajstić information content (AvgIpc) is 2.84. The number of hydrogen-bond donors (Lipinski definition) is 2. The highest BCUT2D eigenvalue weighted by molar-refractivity contribution is 5.92. The minimum absolute atomic E-state index is 0.118. The Balaban J connectivity index is 1.97. The van der Waals surface area contributed by atoms with Crippen LogP contribution < -0.4 is 11.1 Å². The summed E-state index contributed by atoms with van der Waals surface area (Å²) in [6, 6.07) is 5.15. The SMILES string of the molecule is CC(C)CC1(CNC(=O)c2cccc(N)n2)CCCC1. The fraction of sp³-hybridized carbons (Fsp3) is 0.625. The maximum Gasteiger partial charge on any atom is 0.269 e. The van der Waals surface area contributed by atoms with E-state index < -0.39 is 0 Å². The number of rotatable bonds is 5. The number of carbonyl (C=O) groups excluding carboxylic acids is 1. The van der Waals surface area contributed by atoms with Crippen molar-refractivity contribution in [2.45, 2.75) is 46.0 Å². The predicted octanol–water partition coefficient (Wildman–Crippen LogP) is 3.00. The van der Waals surface area contributed by atoms with Crippen molar-refractivity contribution < 1.29 is 4.79 Å². The third-order valence-corrected chi connectivity index (χ3v) is 4.13. The lowest BCUT2D eigenvalue weighted by molar-refractivity contribution is 0.0917. The van der Waals surface area contributed by atoms with Crippen LogP contribution in [0.3, 0.4) is 0 Å². The van der Waals surface area contributed by atoms with Crippen LogP contribution >= 0.6 is 0 Å². The van der Waals surface area contributed by atoms with Gasteiger partial charge < -0.3 is 11.1 Å². The Hall–Kier alpha value is -1.58. The van der Waals surface area contributed by atoms with Crippen molar-refractivity contribution >= 4 is 11.7 Å². The molecule has 1 heterocycles. The van der Waals surface area contributed by atoms with Crippen LogP contribution in [0.15, 0.2) is 18.2 Å². The Bertz CT molecular complexity index is 465. The number of pyridine rings is 1. The number of amides is 1. The molecule has 0 aromatic carbocycles. The quantitative estimate of drug-likeness (QED) is 0.868. The summed E-state index contributed by atoms with van der Waals surface area (Å²) < 4.78 is 0. The second kappa shape index (κ2) is 6.25. The van der Waals surface area contributed by atoms with Crippen LogP contribution in [0.2, 0.25) is 0 Å². The topological polar surface area (TPSA) is 68.0 Å². The number of nitrogens with one attached hydrogen (secondary N) is 1. The molecule has 110 valence electrons. The molecule has 2 rings (SSSR count). The van der Waals surface area contributed by atoms with E-state index in [-0.39, 0.29) is 11.3 Å². The number of aromatic nitrogens is 1. The number of carbonyl (C=O) groups is 1. The smallest absolute Gasteiger partial charge is 0.269 e. The van der Waals surface area contributed by atoms with Crippen LogP contribution in [0.4, 0.5) is 5.82 Å². The summed E-state index contributed by atoms with van der Waals surface area (Å²) in [6.07, 6.45) is 6.17. The van der Waals surface area contributed by atoms with Gasteiger partial charge in [0.25, 0.3) is 5.91 Å². The number of anilines is 1. The first kappa shape index (κ1) is 14.8. The van der Waals surface area contributed by atoms with Crippen LogP contribution in [0, 0.1) is 11.3 Å². The standard InChI is InChI=1S/C16H25N3O/c1-12(2)10-16(8-3-4-9-16)11-18-15(20)13-6-5-7-14(17)19-13/h5-7,12H,3-4,8-11H2,1-2H3,(H2,17,19)(H,18,20). The van der Waals surface area contributed by atoms with Crippen LogP contribution in [-0.2, 0) is 0 Å². The fourth-order valence-electron chi connectivity index (χ4n) is 3.38. The molecule has 0 spiro atoms. The Morgan fingerprint density at radius 1 is 1.40 bits per heavy atom. The maximum atomic E-state index is 12.2. The molecule has 0 saturated heterocycles. The highest BCUT2D eigenvalue weighted by atomic mass is 16.1. The lowest BCUT2D eigenvalue weighted by Crippen LogP contribution is -2.37. The van der Waals surface area contributed by atoms with Gasteiger partial charge in [-0.05, 0) is 42.7 Å². The molecule has 0 unspecified atom stereocenters. The molecule has 1 fully saturated rings. The molecule has 0 atom stereocenters. The van der Waals surface area contributed by atoms with Crippen molar-refractivity contribution in [3.05, 3.63) is 23.9 Å². The Morgan fingerprint density at radius 2 is 2.10 bits per heavy atom. The van der Waals surface area contributed by atoms with Crippen molar-refractivity contribution in [1.82, 2.24) is 10.3 Å². The molecule has 1 aromatic heterocycles. The van der Waals surface area contributed by atoms with Gasteiger partial charge in [0.2, 0.25) is 0 Å². The summed E-state index contributed by atoms with van der Waals surface area (Å²) in [5, 5.41) is 3.06. The third-order valence-electron chi connectivity index (χ3n) is 4.13. The first-order valence-corrected chi connectivity index (χ1v) is 7.51. The maximum absolute atomic E-state index is 12.2. The van der Waals surface area contributed by atoms with Crippen LogP contribution in [-0.4, -0.2) is 17.4 Å². The van der Waals surface area contributed by atoms with Crippen LogP contribution in [0.5, 0.6) is 0 Å². The lowest BCUT2D eigenvalue weighted by Gasteiger charge is -2.31. The monoisotopic (exact) mass is 275 g/mol. The van der Waals surface area contributed by atoms with E-state index in [1.54, 1.807) is 18.2 Å². The zero-order valence-corrected chi connectivity index (χ0v) is 12.5. The van der Waals surface area contributed by atoms with Crippen molar-refractivity contribution in [3.8, 4) is 0 Å². The van der Waals surface area contributed by atoms with E-state index in [4.69, 9.17) is 5.73 Å². The van der Waals surface area contributed by atoms with Crippen molar-refractivity contribution in [2.75, 3.05) is 12.3 Å². The van der Waals surface area contributed by atoms with Gasteiger partial charge in [0.15, 0.2) is 0 Å². The second-order valence-corrected chi connectivity index (χ2v) is 6.44. The zero-order chi connectivity index (χ0) is 14.6. The molecule has 1 aliphatic carbocycles. The van der Waals surface area contributed by atoms with Crippen LogP contribution in [0.25, 0.3) is 0 Å². The minimum atomic E-state index is -0.118. The predicted molar refractivity (Wildman–Crippen MR) is 81.3 cm³/mol. The largest absolute Gasteiger partial charge is 0.384 e. The third kappa shape index (κ3) is 3.71. The molecule has 1 aliphatic rings. The molecule has 0 bridgehead atoms. The van der Waals surface area contributed by atoms with E-state index in [9.17, 15) is 4.79 Å². The minimum Gasteiger partial charge on any atom is -0.384 e. The number of nitrogens with two attached hydrogens (primary N) is 1. The summed E-state index contributed by atoms with van der Waals surface area (Å²) in [6.45, 7) is 5.25. The van der Waals surface area contributed by atoms with Gasteiger partial charge in [-0.25, -0.2) is 4.98 Å². The molecule has 0 radical (unpaired) electrons. The van der Waals surface area contributed by atoms with Crippen LogP contribution in [0.1, 0.15) is 56.4 Å². The highest BCUT2D eigenvalue weighted by Crippen LogP contribution is 2.42. The van der Waals surface area contributed by atoms with E-state index in [0.29, 0.717) is 17.4 Å². The second-order valence-electron chi connectivity index (χ2n) is 6.44. The number of nitrogen functional groups attached to an aromatic ring is 1. The summed E-state index contributed by atoms with van der Waals surface area (Å²) in [7, 11) is 0. The van der Waals surface area contributed by atoms with Gasteiger partial charge in [-0.15, -0.1) is 0 Å². The Labute approximate surface area is 121 Å². The van der Waals surface area contributed by atoms with Gasteiger partial charge in [-0.3, -0.25) is 4.79 Å². The molecular weight excluding hydrogens is 250 g/mol. The summed E-state index contributed by atoms with van der Waals surface area (Å²) in [5.74, 6) is 0.929. The molecular formula is C16H25N3O. The molecule has 4 heteroatoms. The van der Waals surface area contributed by atoms with Gasteiger partial charge >= 0.3 is 0 Å². The van der Waals surface area contributed by atoms with E-state index in [1.807, 2.05) is 0 Å². The number of nitrogens with zero attached hydrogens (tertiary/aromatic N) is 1. The molecule has 4 nitrogen and oxygen atoms in total. The normalized spacial score (nSPS) is 17.4.